The van der Waals surface area contributed by atoms with Gasteiger partial charge in [0, 0.05) is 36.0 Å². The highest BCUT2D eigenvalue weighted by molar-refractivity contribution is 5.67. The fourth-order valence-corrected chi connectivity index (χ4v) is 3.83. The molecule has 1 unspecified atom stereocenters. The van der Waals surface area contributed by atoms with Crippen molar-refractivity contribution in [2.24, 2.45) is 4.99 Å². The predicted molar refractivity (Wildman–Crippen MR) is 144 cm³/mol. The average Bonchev–Trinajstić information content (AvgIpc) is 2.81. The number of nitrogens with one attached hydrogen (secondary N) is 1. The van der Waals surface area contributed by atoms with Crippen LogP contribution in [0.2, 0.25) is 0 Å². The Kier molecular flexibility index (Phi) is 7.94. The van der Waals surface area contributed by atoms with E-state index in [0.717, 1.165) is 65.3 Å². The Morgan fingerprint density at radius 2 is 1.97 bits per heavy atom. The lowest BCUT2D eigenvalue weighted by Gasteiger charge is -2.21. The number of hydrogen-bond acceptors (Lipinski definition) is 4. The van der Waals surface area contributed by atoms with Crippen LogP contribution in [0.4, 0.5) is 5.69 Å². The molecule has 0 aliphatic carbocycles. The minimum Gasteiger partial charge on any atom is -0.398 e. The molecule has 2 aliphatic rings. The summed E-state index contributed by atoms with van der Waals surface area (Å²) >= 11 is 0. The van der Waals surface area contributed by atoms with Crippen molar-refractivity contribution in [1.29, 1.82) is 0 Å². The van der Waals surface area contributed by atoms with E-state index in [2.05, 4.69) is 74.3 Å². The molecule has 0 saturated carbocycles. The second-order valence-corrected chi connectivity index (χ2v) is 8.80. The number of nitrogen functional groups attached to an aromatic ring is 1. The quantitative estimate of drug-likeness (QED) is 0.510. The van der Waals surface area contributed by atoms with Crippen LogP contribution in [0.3, 0.4) is 0 Å². The van der Waals surface area contributed by atoms with Crippen LogP contribution in [0.15, 0.2) is 102 Å². The monoisotopic (exact) mass is 440 g/mol. The molecule has 1 aromatic carbocycles. The minimum absolute atomic E-state index is 0.103. The first-order valence-corrected chi connectivity index (χ1v) is 11.5. The molecule has 1 aromatic rings. The van der Waals surface area contributed by atoms with Crippen molar-refractivity contribution >= 4 is 17.6 Å². The molecule has 33 heavy (non-hydrogen) atoms. The zero-order chi connectivity index (χ0) is 24.0. The van der Waals surface area contributed by atoms with Gasteiger partial charge in [-0.15, -0.1) is 0 Å². The number of likely N-dealkylation sites (N-methyl/N-ethyl adjacent to an activating group) is 1. The van der Waals surface area contributed by atoms with Crippen LogP contribution in [-0.4, -0.2) is 24.2 Å². The number of benzene rings is 1. The number of hydrogen-bond donors (Lipinski definition) is 2. The van der Waals surface area contributed by atoms with E-state index in [1.54, 1.807) is 0 Å². The van der Waals surface area contributed by atoms with Crippen LogP contribution in [-0.2, 0) is 6.42 Å². The SMILES string of the molecule is C=C(NC(C)C1=CCCC=N1)c1ccc(N)c(CC2=C/C/C(C)=C\C(=C)N(C)C(=C)/C=C\2)c1. The van der Waals surface area contributed by atoms with Gasteiger partial charge in [0.25, 0.3) is 0 Å². The van der Waals surface area contributed by atoms with E-state index >= 15 is 0 Å². The smallest absolute Gasteiger partial charge is 0.0653 e. The fraction of sp³-hybridized carbons (Fsp3) is 0.276. The third kappa shape index (κ3) is 6.48. The van der Waals surface area contributed by atoms with Gasteiger partial charge in [-0.3, -0.25) is 4.99 Å². The summed E-state index contributed by atoms with van der Waals surface area (Å²) < 4.78 is 0. The highest BCUT2D eigenvalue weighted by Gasteiger charge is 2.12. The molecule has 3 N–H and O–H groups in total. The van der Waals surface area contributed by atoms with Crippen molar-refractivity contribution in [3.63, 3.8) is 0 Å². The molecular formula is C29H36N4. The molecule has 1 atom stereocenters. The maximum absolute atomic E-state index is 6.37. The third-order valence-corrected chi connectivity index (χ3v) is 6.06. The van der Waals surface area contributed by atoms with E-state index in [4.69, 9.17) is 5.73 Å². The molecule has 0 spiro atoms. The normalized spacial score (nSPS) is 21.9. The Bertz CT molecular complexity index is 1090. The van der Waals surface area contributed by atoms with Gasteiger partial charge in [0.05, 0.1) is 11.7 Å². The average molecular weight is 441 g/mol. The molecule has 4 nitrogen and oxygen atoms in total. The molecule has 4 heteroatoms. The van der Waals surface area contributed by atoms with Gasteiger partial charge in [0.15, 0.2) is 0 Å². The second kappa shape index (κ2) is 10.9. The summed E-state index contributed by atoms with van der Waals surface area (Å²) in [5.41, 5.74) is 15.5. The Balaban J connectivity index is 1.79. The summed E-state index contributed by atoms with van der Waals surface area (Å²) in [5, 5.41) is 3.49. The highest BCUT2D eigenvalue weighted by Crippen LogP contribution is 2.25. The van der Waals surface area contributed by atoms with E-state index in [-0.39, 0.29) is 6.04 Å². The van der Waals surface area contributed by atoms with Crippen molar-refractivity contribution in [2.75, 3.05) is 12.8 Å². The highest BCUT2D eigenvalue weighted by atomic mass is 15.1. The van der Waals surface area contributed by atoms with Crippen LogP contribution in [0.1, 0.15) is 44.2 Å². The van der Waals surface area contributed by atoms with Crippen LogP contribution in [0.5, 0.6) is 0 Å². The number of rotatable bonds is 6. The molecule has 2 heterocycles. The first-order valence-electron chi connectivity index (χ1n) is 11.5. The van der Waals surface area contributed by atoms with Crippen molar-refractivity contribution in [2.45, 2.75) is 45.6 Å². The minimum atomic E-state index is 0.103. The number of nitrogens with two attached hydrogens (primary N) is 1. The van der Waals surface area contributed by atoms with E-state index < -0.39 is 0 Å². The summed E-state index contributed by atoms with van der Waals surface area (Å²) in [6.07, 6.45) is 16.3. The van der Waals surface area contributed by atoms with Gasteiger partial charge in [0.1, 0.15) is 0 Å². The maximum Gasteiger partial charge on any atom is 0.0653 e. The number of allylic oxidation sites excluding steroid dienone is 7. The molecule has 0 bridgehead atoms. The topological polar surface area (TPSA) is 53.6 Å². The Morgan fingerprint density at radius 1 is 1.18 bits per heavy atom. The summed E-state index contributed by atoms with van der Waals surface area (Å²) in [6.45, 7) is 16.8. The van der Waals surface area contributed by atoms with Crippen LogP contribution < -0.4 is 11.1 Å². The fourth-order valence-electron chi connectivity index (χ4n) is 3.83. The summed E-state index contributed by atoms with van der Waals surface area (Å²) in [7, 11) is 1.99. The van der Waals surface area contributed by atoms with Crippen molar-refractivity contribution in [1.82, 2.24) is 10.2 Å². The predicted octanol–water partition coefficient (Wildman–Crippen LogP) is 6.30. The van der Waals surface area contributed by atoms with Crippen molar-refractivity contribution in [3.8, 4) is 0 Å². The third-order valence-electron chi connectivity index (χ3n) is 6.06. The lowest BCUT2D eigenvalue weighted by Crippen LogP contribution is -2.26. The summed E-state index contributed by atoms with van der Waals surface area (Å²) in [4.78, 5) is 6.52. The zero-order valence-corrected chi connectivity index (χ0v) is 20.2. The summed E-state index contributed by atoms with van der Waals surface area (Å²) in [6, 6.07) is 6.22. The maximum atomic E-state index is 6.37. The van der Waals surface area contributed by atoms with Gasteiger partial charge in [-0.05, 0) is 80.5 Å². The first kappa shape index (κ1) is 24.1. The van der Waals surface area contributed by atoms with E-state index in [1.165, 1.54) is 11.1 Å². The van der Waals surface area contributed by atoms with Crippen LogP contribution >= 0.6 is 0 Å². The lowest BCUT2D eigenvalue weighted by atomic mass is 9.97. The van der Waals surface area contributed by atoms with E-state index in [1.807, 2.05) is 36.4 Å². The van der Waals surface area contributed by atoms with Gasteiger partial charge in [0.2, 0.25) is 0 Å². The van der Waals surface area contributed by atoms with Crippen molar-refractivity contribution < 1.29 is 0 Å². The molecule has 0 radical (unpaired) electrons. The Hall–Kier alpha value is -3.53. The molecule has 172 valence electrons. The van der Waals surface area contributed by atoms with E-state index in [9.17, 15) is 0 Å². The van der Waals surface area contributed by atoms with Gasteiger partial charge < -0.3 is 16.0 Å². The van der Waals surface area contributed by atoms with E-state index in [0.29, 0.717) is 0 Å². The number of nitrogens with zero attached hydrogens (tertiary/aromatic N) is 2. The zero-order valence-electron chi connectivity index (χ0n) is 20.2. The van der Waals surface area contributed by atoms with Gasteiger partial charge in [-0.2, -0.15) is 0 Å². The summed E-state index contributed by atoms with van der Waals surface area (Å²) in [5.74, 6) is 0. The molecule has 0 fully saturated rings. The second-order valence-electron chi connectivity index (χ2n) is 8.80. The molecule has 0 amide bonds. The van der Waals surface area contributed by atoms with Crippen molar-refractivity contribution in [3.05, 3.63) is 108 Å². The molecule has 2 aliphatic heterocycles. The van der Waals surface area contributed by atoms with Gasteiger partial charge >= 0.3 is 0 Å². The Morgan fingerprint density at radius 3 is 2.70 bits per heavy atom. The molecule has 3 rings (SSSR count). The Labute approximate surface area is 199 Å². The standard InChI is InChI=1S/C29H36N4/c1-20-10-12-25(13-11-21(2)33(6)22(3)17-20)18-27-19-26(14-15-28(27)30)23(4)32-24(5)29-9-7-8-16-31-29/h9,11-17,19,24,32H,2-4,7-8,10,18,30H2,1,5-6H3/b13-11-,20-17-,25-12+. The largest absolute Gasteiger partial charge is 0.398 e. The number of aliphatic imine (C=N–C) groups is 1. The first-order chi connectivity index (χ1) is 15.7. The lowest BCUT2D eigenvalue weighted by molar-refractivity contribution is 0.557. The molecular weight excluding hydrogens is 404 g/mol. The van der Waals surface area contributed by atoms with Gasteiger partial charge in [-0.1, -0.05) is 49.6 Å². The van der Waals surface area contributed by atoms with Gasteiger partial charge in [-0.25, -0.2) is 0 Å². The molecule has 0 saturated heterocycles. The van der Waals surface area contributed by atoms with Crippen LogP contribution in [0, 0.1) is 0 Å². The molecule has 0 aromatic heterocycles. The number of anilines is 1. The van der Waals surface area contributed by atoms with Crippen LogP contribution in [0.25, 0.3) is 5.70 Å².